The summed E-state index contributed by atoms with van der Waals surface area (Å²) in [7, 11) is -7.85. The second-order valence-electron chi connectivity index (χ2n) is 9.41. The van der Waals surface area contributed by atoms with Crippen LogP contribution in [0.2, 0.25) is 0 Å². The predicted octanol–water partition coefficient (Wildman–Crippen LogP) is 2.06. The molecule has 1 heterocycles. The summed E-state index contributed by atoms with van der Waals surface area (Å²) < 4.78 is 55.9. The van der Waals surface area contributed by atoms with E-state index in [1.165, 1.54) is 39.3 Å². The first-order valence-corrected chi connectivity index (χ1v) is 14.6. The summed E-state index contributed by atoms with van der Waals surface area (Å²) in [6, 6.07) is 14.9. The average molecular weight is 504 g/mol. The molecule has 3 aliphatic rings. The summed E-state index contributed by atoms with van der Waals surface area (Å²) in [6.07, 6.45) is 4.25. The molecule has 8 nitrogen and oxygen atoms in total. The molecule has 2 aromatic carbocycles. The third kappa shape index (κ3) is 4.28. The summed E-state index contributed by atoms with van der Waals surface area (Å²) >= 11 is 0. The van der Waals surface area contributed by atoms with E-state index in [1.54, 1.807) is 36.4 Å². The Labute approximate surface area is 201 Å². The van der Waals surface area contributed by atoms with Gasteiger partial charge in [-0.15, -0.1) is 0 Å². The van der Waals surface area contributed by atoms with Gasteiger partial charge in [0.05, 0.1) is 9.79 Å². The van der Waals surface area contributed by atoms with E-state index in [1.807, 2.05) is 0 Å². The molecular formula is C24H29N3O5S2. The number of carbonyl (C=O) groups is 1. The minimum atomic E-state index is -3.98. The van der Waals surface area contributed by atoms with Crippen LogP contribution in [-0.2, 0) is 24.8 Å². The largest absolute Gasteiger partial charge is 0.352 e. The highest BCUT2D eigenvalue weighted by Gasteiger charge is 2.46. The van der Waals surface area contributed by atoms with Gasteiger partial charge in [-0.25, -0.2) is 16.8 Å². The normalized spacial score (nSPS) is 28.1. The topological polar surface area (TPSA) is 104 Å². The highest BCUT2D eigenvalue weighted by molar-refractivity contribution is 7.89. The molecule has 2 saturated carbocycles. The summed E-state index contributed by atoms with van der Waals surface area (Å²) in [6.45, 7) is -0.352. The highest BCUT2D eigenvalue weighted by atomic mass is 32.2. The molecule has 1 N–H and O–H groups in total. The molecule has 2 aromatic rings. The molecule has 2 bridgehead atoms. The van der Waals surface area contributed by atoms with Crippen molar-refractivity contribution in [3.05, 3.63) is 60.7 Å². The number of nitrogens with zero attached hydrogens (tertiary/aromatic N) is 2. The first kappa shape index (κ1) is 23.5. The molecule has 10 heteroatoms. The van der Waals surface area contributed by atoms with Crippen LogP contribution in [-0.4, -0.2) is 63.1 Å². The Morgan fingerprint density at radius 1 is 0.794 bits per heavy atom. The zero-order valence-electron chi connectivity index (χ0n) is 18.8. The van der Waals surface area contributed by atoms with Crippen LogP contribution < -0.4 is 5.32 Å². The van der Waals surface area contributed by atoms with Gasteiger partial charge in [0.25, 0.3) is 0 Å². The van der Waals surface area contributed by atoms with Crippen LogP contribution in [0.25, 0.3) is 0 Å². The number of piperazine rings is 1. The number of rotatable bonds is 6. The molecule has 0 radical (unpaired) electrons. The van der Waals surface area contributed by atoms with Gasteiger partial charge >= 0.3 is 0 Å². The van der Waals surface area contributed by atoms with Gasteiger partial charge in [0, 0.05) is 25.7 Å². The predicted molar refractivity (Wildman–Crippen MR) is 127 cm³/mol. The first-order valence-electron chi connectivity index (χ1n) is 11.7. The van der Waals surface area contributed by atoms with Crippen molar-refractivity contribution in [2.24, 2.45) is 11.8 Å². The first-order chi connectivity index (χ1) is 16.3. The third-order valence-corrected chi connectivity index (χ3v) is 11.2. The van der Waals surface area contributed by atoms with Gasteiger partial charge in [-0.05, 0) is 55.4 Å². The number of amides is 1. The van der Waals surface area contributed by atoms with Crippen molar-refractivity contribution >= 4 is 26.0 Å². The third-order valence-electron chi connectivity index (χ3n) is 7.39. The van der Waals surface area contributed by atoms with E-state index >= 15 is 0 Å². The number of fused-ring (bicyclic) bond motifs is 2. The Kier molecular flexibility index (Phi) is 6.26. The molecule has 1 saturated heterocycles. The fraction of sp³-hybridized carbons (Fsp3) is 0.458. The van der Waals surface area contributed by atoms with Gasteiger partial charge < -0.3 is 5.32 Å². The van der Waals surface area contributed by atoms with Crippen LogP contribution in [0, 0.1) is 11.8 Å². The quantitative estimate of drug-likeness (QED) is 0.650. The van der Waals surface area contributed by atoms with E-state index in [0.717, 1.165) is 19.3 Å². The van der Waals surface area contributed by atoms with Gasteiger partial charge in [-0.2, -0.15) is 8.61 Å². The Morgan fingerprint density at radius 3 is 1.97 bits per heavy atom. The lowest BCUT2D eigenvalue weighted by Gasteiger charge is -2.39. The molecule has 2 aliphatic carbocycles. The Hall–Kier alpha value is -2.27. The van der Waals surface area contributed by atoms with Crippen molar-refractivity contribution in [1.82, 2.24) is 13.9 Å². The summed E-state index contributed by atoms with van der Waals surface area (Å²) in [5.41, 5.74) is 0. The molecule has 1 aliphatic heterocycles. The molecule has 5 rings (SSSR count). The lowest BCUT2D eigenvalue weighted by molar-refractivity contribution is -0.127. The number of sulfonamides is 2. The Balaban J connectivity index is 1.44. The minimum absolute atomic E-state index is 0.0219. The maximum Gasteiger partial charge on any atom is 0.243 e. The lowest BCUT2D eigenvalue weighted by Crippen LogP contribution is -2.62. The van der Waals surface area contributed by atoms with E-state index in [9.17, 15) is 21.6 Å². The Bertz CT molecular complexity index is 1250. The van der Waals surface area contributed by atoms with Crippen molar-refractivity contribution in [3.63, 3.8) is 0 Å². The van der Waals surface area contributed by atoms with Gasteiger partial charge in [-0.3, -0.25) is 4.79 Å². The van der Waals surface area contributed by atoms with Crippen molar-refractivity contribution in [3.8, 4) is 0 Å². The van der Waals surface area contributed by atoms with Gasteiger partial charge in [0.1, 0.15) is 6.04 Å². The second-order valence-corrected chi connectivity index (χ2v) is 13.2. The summed E-state index contributed by atoms with van der Waals surface area (Å²) in [4.78, 5) is 13.7. The number of nitrogens with one attached hydrogen (secondary N) is 1. The molecule has 3 fully saturated rings. The van der Waals surface area contributed by atoms with Crippen molar-refractivity contribution in [2.45, 2.75) is 47.6 Å². The fourth-order valence-corrected chi connectivity index (χ4v) is 8.68. The number of hydrogen-bond acceptors (Lipinski definition) is 5. The van der Waals surface area contributed by atoms with Crippen molar-refractivity contribution < 1.29 is 21.6 Å². The minimum Gasteiger partial charge on any atom is -0.352 e. The summed E-state index contributed by atoms with van der Waals surface area (Å²) in [5, 5.41) is 3.08. The molecule has 1 unspecified atom stereocenters. The average Bonchev–Trinajstić information content (AvgIpc) is 3.48. The van der Waals surface area contributed by atoms with Crippen molar-refractivity contribution in [1.29, 1.82) is 0 Å². The van der Waals surface area contributed by atoms with Crippen molar-refractivity contribution in [2.75, 3.05) is 19.6 Å². The molecule has 4 atom stereocenters. The zero-order chi connectivity index (χ0) is 23.9. The zero-order valence-corrected chi connectivity index (χ0v) is 20.4. The van der Waals surface area contributed by atoms with Crippen LogP contribution in [0.5, 0.6) is 0 Å². The standard InChI is InChI=1S/C24H29N3O5S2/c28-24(25-22-16-18-11-12-19(22)15-18)23-17-26(33(29,30)20-7-3-1-4-8-20)13-14-27(23)34(31,32)21-9-5-2-6-10-21/h1-10,18-19,22-23H,11-17H2,(H,25,28)/t18-,19+,22+,23?/m0/s1. The Morgan fingerprint density at radius 2 is 1.41 bits per heavy atom. The number of benzene rings is 2. The maximum absolute atomic E-state index is 13.5. The molecule has 34 heavy (non-hydrogen) atoms. The molecule has 0 aromatic heterocycles. The van der Waals surface area contributed by atoms with Crippen LogP contribution in [0.3, 0.4) is 0 Å². The van der Waals surface area contributed by atoms with Gasteiger partial charge in [-0.1, -0.05) is 42.8 Å². The highest BCUT2D eigenvalue weighted by Crippen LogP contribution is 2.44. The number of hydrogen-bond donors (Lipinski definition) is 1. The molecule has 1 amide bonds. The van der Waals surface area contributed by atoms with E-state index in [2.05, 4.69) is 5.32 Å². The second kappa shape index (κ2) is 9.07. The number of carbonyl (C=O) groups excluding carboxylic acids is 1. The molecule has 182 valence electrons. The van der Waals surface area contributed by atoms with Crippen LogP contribution in [0.4, 0.5) is 0 Å². The smallest absolute Gasteiger partial charge is 0.243 e. The molecular weight excluding hydrogens is 474 g/mol. The van der Waals surface area contributed by atoms with E-state index in [-0.39, 0.29) is 35.5 Å². The van der Waals surface area contributed by atoms with E-state index < -0.39 is 32.0 Å². The van der Waals surface area contributed by atoms with Gasteiger partial charge in [0.2, 0.25) is 26.0 Å². The van der Waals surface area contributed by atoms with Crippen LogP contribution in [0.15, 0.2) is 70.5 Å². The SMILES string of the molecule is O=C(N[C@@H]1C[C@H]2CC[C@@H]1C2)C1CN(S(=O)(=O)c2ccccc2)CCN1S(=O)(=O)c1ccccc1. The van der Waals surface area contributed by atoms with Gasteiger partial charge in [0.15, 0.2) is 0 Å². The maximum atomic E-state index is 13.5. The summed E-state index contributed by atoms with van der Waals surface area (Å²) in [5.74, 6) is 0.603. The van der Waals surface area contributed by atoms with Crippen LogP contribution >= 0.6 is 0 Å². The van der Waals surface area contributed by atoms with E-state index in [4.69, 9.17) is 0 Å². The monoisotopic (exact) mass is 503 g/mol. The van der Waals surface area contributed by atoms with Crippen LogP contribution in [0.1, 0.15) is 25.7 Å². The fourth-order valence-electron chi connectivity index (χ4n) is 5.63. The van der Waals surface area contributed by atoms with E-state index in [0.29, 0.717) is 11.8 Å². The lowest BCUT2D eigenvalue weighted by atomic mass is 9.95. The molecule has 0 spiro atoms.